The molecule has 4 heteroatoms. The molecular weight excluding hydrogens is 250 g/mol. The Kier molecular flexibility index (Phi) is 5.08. The van der Waals surface area contributed by atoms with Crippen LogP contribution in [0.1, 0.15) is 52.9 Å². The monoisotopic (exact) mass is 281 g/mol. The van der Waals surface area contributed by atoms with Gasteiger partial charge in [-0.3, -0.25) is 4.79 Å². The molecular formula is C16H31N3O. The topological polar surface area (TPSA) is 58.4 Å². The van der Waals surface area contributed by atoms with Gasteiger partial charge in [0.25, 0.3) is 0 Å². The molecule has 3 N–H and O–H groups in total. The van der Waals surface area contributed by atoms with E-state index in [-0.39, 0.29) is 5.91 Å². The van der Waals surface area contributed by atoms with Gasteiger partial charge in [-0.25, -0.2) is 0 Å². The first-order valence-electron chi connectivity index (χ1n) is 8.22. The molecule has 3 unspecified atom stereocenters. The summed E-state index contributed by atoms with van der Waals surface area (Å²) in [4.78, 5) is 14.9. The molecule has 1 aliphatic carbocycles. The van der Waals surface area contributed by atoms with Gasteiger partial charge in [0.2, 0.25) is 5.91 Å². The van der Waals surface area contributed by atoms with Gasteiger partial charge in [0.05, 0.1) is 5.54 Å². The summed E-state index contributed by atoms with van der Waals surface area (Å²) in [5.41, 5.74) is 5.71. The van der Waals surface area contributed by atoms with Crippen molar-refractivity contribution in [3.63, 3.8) is 0 Å². The van der Waals surface area contributed by atoms with Crippen molar-refractivity contribution in [2.24, 2.45) is 17.6 Å². The van der Waals surface area contributed by atoms with E-state index in [1.807, 2.05) is 0 Å². The maximum absolute atomic E-state index is 12.4. The lowest BCUT2D eigenvalue weighted by molar-refractivity contribution is -0.128. The van der Waals surface area contributed by atoms with Gasteiger partial charge in [-0.2, -0.15) is 0 Å². The van der Waals surface area contributed by atoms with Crippen LogP contribution in [0.4, 0.5) is 0 Å². The molecule has 1 saturated carbocycles. The Morgan fingerprint density at radius 3 is 2.80 bits per heavy atom. The molecule has 4 nitrogen and oxygen atoms in total. The highest BCUT2D eigenvalue weighted by atomic mass is 16.2. The minimum absolute atomic E-state index is 0.0760. The summed E-state index contributed by atoms with van der Waals surface area (Å²) in [6.07, 6.45) is 5.15. The average Bonchev–Trinajstić information content (AvgIpc) is 2.84. The third-order valence-electron chi connectivity index (χ3n) is 5.08. The zero-order chi connectivity index (χ0) is 14.8. The van der Waals surface area contributed by atoms with E-state index in [0.717, 1.165) is 38.9 Å². The van der Waals surface area contributed by atoms with E-state index in [1.165, 1.54) is 12.8 Å². The minimum Gasteiger partial charge on any atom is -0.354 e. The molecule has 1 heterocycles. The number of nitrogens with one attached hydrogen (secondary N) is 1. The van der Waals surface area contributed by atoms with E-state index in [1.54, 1.807) is 0 Å². The van der Waals surface area contributed by atoms with Crippen LogP contribution >= 0.6 is 0 Å². The molecule has 3 atom stereocenters. The summed E-state index contributed by atoms with van der Waals surface area (Å²) in [5.74, 6) is 1.24. The molecule has 20 heavy (non-hydrogen) atoms. The van der Waals surface area contributed by atoms with E-state index < -0.39 is 5.54 Å². The number of carbonyl (C=O) groups is 1. The molecule has 0 aromatic carbocycles. The number of hydrogen-bond acceptors (Lipinski definition) is 3. The van der Waals surface area contributed by atoms with Gasteiger partial charge in [-0.15, -0.1) is 0 Å². The zero-order valence-corrected chi connectivity index (χ0v) is 13.3. The van der Waals surface area contributed by atoms with Crippen molar-refractivity contribution in [2.45, 2.75) is 64.5 Å². The third kappa shape index (κ3) is 3.73. The van der Waals surface area contributed by atoms with Gasteiger partial charge >= 0.3 is 0 Å². The largest absolute Gasteiger partial charge is 0.354 e. The van der Waals surface area contributed by atoms with Crippen molar-refractivity contribution in [3.8, 4) is 0 Å². The van der Waals surface area contributed by atoms with Gasteiger partial charge in [0.15, 0.2) is 0 Å². The van der Waals surface area contributed by atoms with Crippen LogP contribution in [0.25, 0.3) is 0 Å². The lowest BCUT2D eigenvalue weighted by atomic mass is 9.76. The van der Waals surface area contributed by atoms with Crippen molar-refractivity contribution in [1.82, 2.24) is 10.2 Å². The number of carbonyl (C=O) groups excluding carboxylic acids is 1. The number of amides is 1. The molecule has 0 bridgehead atoms. The number of hydrogen-bond donors (Lipinski definition) is 2. The molecule has 1 amide bonds. The number of rotatable bonds is 4. The highest BCUT2D eigenvalue weighted by Gasteiger charge is 2.38. The van der Waals surface area contributed by atoms with Crippen LogP contribution in [0.5, 0.6) is 0 Å². The second-order valence-corrected chi connectivity index (χ2v) is 7.31. The Morgan fingerprint density at radius 1 is 1.45 bits per heavy atom. The van der Waals surface area contributed by atoms with Gasteiger partial charge in [-0.1, -0.05) is 19.8 Å². The van der Waals surface area contributed by atoms with Crippen LogP contribution in [0, 0.1) is 11.8 Å². The second kappa shape index (κ2) is 6.44. The van der Waals surface area contributed by atoms with Crippen LogP contribution in [0.3, 0.4) is 0 Å². The van der Waals surface area contributed by atoms with Crippen molar-refractivity contribution < 1.29 is 4.79 Å². The first kappa shape index (κ1) is 15.8. The second-order valence-electron chi connectivity index (χ2n) is 7.31. The summed E-state index contributed by atoms with van der Waals surface area (Å²) in [6.45, 7) is 9.72. The normalized spacial score (nSPS) is 35.5. The van der Waals surface area contributed by atoms with Gasteiger partial charge < -0.3 is 16.0 Å². The molecule has 1 saturated heterocycles. The van der Waals surface area contributed by atoms with Gasteiger partial charge in [0.1, 0.15) is 0 Å². The van der Waals surface area contributed by atoms with Crippen molar-refractivity contribution in [3.05, 3.63) is 0 Å². The number of nitrogens with two attached hydrogens (primary N) is 1. The number of likely N-dealkylation sites (tertiary alicyclic amines) is 1. The van der Waals surface area contributed by atoms with Crippen molar-refractivity contribution in [2.75, 3.05) is 19.6 Å². The van der Waals surface area contributed by atoms with Crippen LogP contribution in [-0.4, -0.2) is 42.0 Å². The summed E-state index contributed by atoms with van der Waals surface area (Å²) in [6, 6.07) is 0.607. The highest BCUT2D eigenvalue weighted by Crippen LogP contribution is 2.30. The fourth-order valence-electron chi connectivity index (χ4n) is 3.71. The van der Waals surface area contributed by atoms with Crippen LogP contribution in [-0.2, 0) is 4.79 Å². The molecule has 2 fully saturated rings. The average molecular weight is 281 g/mol. The summed E-state index contributed by atoms with van der Waals surface area (Å²) < 4.78 is 0. The molecule has 2 rings (SSSR count). The zero-order valence-electron chi connectivity index (χ0n) is 13.3. The molecule has 0 spiro atoms. The van der Waals surface area contributed by atoms with E-state index >= 15 is 0 Å². The maximum Gasteiger partial charge on any atom is 0.240 e. The lowest BCUT2D eigenvalue weighted by Gasteiger charge is -2.35. The smallest absolute Gasteiger partial charge is 0.240 e. The maximum atomic E-state index is 12.4. The molecule has 0 radical (unpaired) electrons. The van der Waals surface area contributed by atoms with Crippen LogP contribution in [0.2, 0.25) is 0 Å². The molecule has 0 aromatic rings. The summed E-state index contributed by atoms with van der Waals surface area (Å²) >= 11 is 0. The van der Waals surface area contributed by atoms with Crippen LogP contribution in [0.15, 0.2) is 0 Å². The first-order valence-corrected chi connectivity index (χ1v) is 8.22. The van der Waals surface area contributed by atoms with E-state index in [0.29, 0.717) is 17.9 Å². The van der Waals surface area contributed by atoms with E-state index in [4.69, 9.17) is 5.73 Å². The fourth-order valence-corrected chi connectivity index (χ4v) is 3.71. The standard InChI is InChI=1S/C16H31N3O/c1-12(2)19-8-6-14(11-19)10-18-15(20)16(17)7-4-5-13(3)9-16/h12-14H,4-11,17H2,1-3H3,(H,18,20). The molecule has 1 aliphatic heterocycles. The Labute approximate surface area is 123 Å². The molecule has 116 valence electrons. The Hall–Kier alpha value is -0.610. The quantitative estimate of drug-likeness (QED) is 0.825. The summed E-state index contributed by atoms with van der Waals surface area (Å²) in [5, 5.41) is 3.12. The highest BCUT2D eigenvalue weighted by molar-refractivity contribution is 5.86. The minimum atomic E-state index is -0.617. The van der Waals surface area contributed by atoms with Crippen LogP contribution < -0.4 is 11.1 Å². The Morgan fingerprint density at radius 2 is 2.20 bits per heavy atom. The first-order chi connectivity index (χ1) is 9.40. The predicted molar refractivity (Wildman–Crippen MR) is 82.4 cm³/mol. The Balaban J connectivity index is 1.78. The fraction of sp³-hybridized carbons (Fsp3) is 0.938. The predicted octanol–water partition coefficient (Wildman–Crippen LogP) is 1.74. The van der Waals surface area contributed by atoms with E-state index in [2.05, 4.69) is 31.0 Å². The van der Waals surface area contributed by atoms with Crippen molar-refractivity contribution in [1.29, 1.82) is 0 Å². The van der Waals surface area contributed by atoms with E-state index in [9.17, 15) is 4.79 Å². The van der Waals surface area contributed by atoms with Crippen molar-refractivity contribution >= 4 is 5.91 Å². The van der Waals surface area contributed by atoms with Gasteiger partial charge in [-0.05, 0) is 51.5 Å². The van der Waals surface area contributed by atoms with Gasteiger partial charge in [0, 0.05) is 19.1 Å². The SMILES string of the molecule is CC1CCCC(N)(C(=O)NCC2CCN(C(C)C)C2)C1. The Bertz CT molecular complexity index is 345. The number of nitrogens with zero attached hydrogens (tertiary/aromatic N) is 1. The molecule has 2 aliphatic rings. The third-order valence-corrected chi connectivity index (χ3v) is 5.08. The summed E-state index contributed by atoms with van der Waals surface area (Å²) in [7, 11) is 0. The molecule has 0 aromatic heterocycles. The lowest BCUT2D eigenvalue weighted by Crippen LogP contribution is -2.56.